The Balaban J connectivity index is 1.23. The Bertz CT molecular complexity index is 2540. The van der Waals surface area contributed by atoms with Crippen molar-refractivity contribution < 1.29 is 9.21 Å². The SMILES string of the molecule is O=C(c1ccc(-c2ccccc2)cc1)c1cccc2c1-c1ccccc1C21c2ccccc2-c2c1ccc1c2oc2ccccc21. The molecule has 1 aromatic heterocycles. The number of ketones is 1. The third-order valence-electron chi connectivity index (χ3n) is 10.1. The molecule has 1 unspecified atom stereocenters. The summed E-state index contributed by atoms with van der Waals surface area (Å²) < 4.78 is 6.64. The molecule has 0 amide bonds. The van der Waals surface area contributed by atoms with Gasteiger partial charge in [-0.05, 0) is 56.1 Å². The fourth-order valence-electron chi connectivity index (χ4n) is 8.24. The molecular formula is C44H26O2. The standard InChI is InChI=1S/C44H26O2/c45-42(29-23-21-28(22-24-29)27-11-2-1-3-12-27)34-16-10-19-37-40(34)32-14-4-7-17-35(32)44(37)36-18-8-5-15-33(36)41-38(44)26-25-31-30-13-6-9-20-39(30)46-43(31)41/h1-26H. The molecule has 0 fully saturated rings. The normalized spacial score (nSPS) is 15.6. The van der Waals surface area contributed by atoms with E-state index in [1.807, 2.05) is 60.7 Å². The first-order chi connectivity index (χ1) is 22.7. The molecule has 2 heteroatoms. The van der Waals surface area contributed by atoms with E-state index in [4.69, 9.17) is 4.42 Å². The largest absolute Gasteiger partial charge is 0.455 e. The lowest BCUT2D eigenvalue weighted by atomic mass is 9.70. The maximum Gasteiger partial charge on any atom is 0.193 e. The quantitative estimate of drug-likeness (QED) is 0.193. The summed E-state index contributed by atoms with van der Waals surface area (Å²) in [7, 11) is 0. The number of rotatable bonds is 3. The summed E-state index contributed by atoms with van der Waals surface area (Å²) in [5.41, 5.74) is 14.1. The molecule has 0 aliphatic heterocycles. The Morgan fingerprint density at radius 2 is 1.07 bits per heavy atom. The Morgan fingerprint density at radius 1 is 0.457 bits per heavy atom. The van der Waals surface area contributed by atoms with Crippen molar-refractivity contribution in [3.05, 3.63) is 191 Å². The Hall–Kier alpha value is -5.99. The number of fused-ring (bicyclic) bond motifs is 14. The number of hydrogen-bond donors (Lipinski definition) is 0. The number of furan rings is 1. The first-order valence-corrected chi connectivity index (χ1v) is 15.7. The van der Waals surface area contributed by atoms with E-state index in [1.165, 1.54) is 22.3 Å². The molecular weight excluding hydrogens is 560 g/mol. The molecule has 2 aliphatic carbocycles. The number of carbonyl (C=O) groups is 1. The number of benzene rings is 7. The summed E-state index contributed by atoms with van der Waals surface area (Å²) in [6, 6.07) is 54.7. The molecule has 7 aromatic carbocycles. The minimum atomic E-state index is -0.571. The van der Waals surface area contributed by atoms with E-state index in [1.54, 1.807) is 0 Å². The van der Waals surface area contributed by atoms with Crippen molar-refractivity contribution in [2.45, 2.75) is 5.41 Å². The monoisotopic (exact) mass is 586 g/mol. The second-order valence-corrected chi connectivity index (χ2v) is 12.3. The zero-order valence-electron chi connectivity index (χ0n) is 24.8. The highest BCUT2D eigenvalue weighted by atomic mass is 16.3. The predicted octanol–water partition coefficient (Wildman–Crippen LogP) is 10.8. The fourth-order valence-corrected chi connectivity index (χ4v) is 8.24. The molecule has 46 heavy (non-hydrogen) atoms. The van der Waals surface area contributed by atoms with E-state index in [2.05, 4.69) is 97.1 Å². The lowest BCUT2D eigenvalue weighted by Gasteiger charge is -2.30. The molecule has 2 nitrogen and oxygen atoms in total. The lowest BCUT2D eigenvalue weighted by molar-refractivity contribution is 0.103. The molecule has 1 atom stereocenters. The number of hydrogen-bond acceptors (Lipinski definition) is 2. The zero-order chi connectivity index (χ0) is 30.4. The molecule has 2 aliphatic rings. The van der Waals surface area contributed by atoms with Crippen molar-refractivity contribution in [3.8, 4) is 33.4 Å². The van der Waals surface area contributed by atoms with E-state index in [0.29, 0.717) is 5.56 Å². The van der Waals surface area contributed by atoms with Crippen LogP contribution in [0.25, 0.3) is 55.3 Å². The highest BCUT2D eigenvalue weighted by Crippen LogP contribution is 2.64. The summed E-state index contributed by atoms with van der Waals surface area (Å²) in [5, 5.41) is 2.24. The topological polar surface area (TPSA) is 30.2 Å². The molecule has 8 aromatic rings. The smallest absolute Gasteiger partial charge is 0.193 e. The number of para-hydroxylation sites is 1. The molecule has 1 heterocycles. The van der Waals surface area contributed by atoms with Gasteiger partial charge < -0.3 is 4.42 Å². The van der Waals surface area contributed by atoms with Gasteiger partial charge in [0.05, 0.1) is 5.41 Å². The van der Waals surface area contributed by atoms with Crippen molar-refractivity contribution in [1.82, 2.24) is 0 Å². The van der Waals surface area contributed by atoms with Crippen molar-refractivity contribution >= 4 is 27.7 Å². The van der Waals surface area contributed by atoms with Gasteiger partial charge in [0.15, 0.2) is 5.78 Å². The van der Waals surface area contributed by atoms with Crippen LogP contribution in [-0.4, -0.2) is 5.78 Å². The molecule has 0 radical (unpaired) electrons. The van der Waals surface area contributed by atoms with Crippen LogP contribution in [0.2, 0.25) is 0 Å². The minimum absolute atomic E-state index is 0.0301. The van der Waals surface area contributed by atoms with Crippen LogP contribution in [0.5, 0.6) is 0 Å². The van der Waals surface area contributed by atoms with Gasteiger partial charge in [-0.25, -0.2) is 0 Å². The van der Waals surface area contributed by atoms with Gasteiger partial charge in [-0.3, -0.25) is 4.79 Å². The van der Waals surface area contributed by atoms with Gasteiger partial charge in [-0.15, -0.1) is 0 Å². The molecule has 10 rings (SSSR count). The van der Waals surface area contributed by atoms with Crippen molar-refractivity contribution in [2.24, 2.45) is 0 Å². The van der Waals surface area contributed by atoms with Crippen LogP contribution < -0.4 is 0 Å². The maximum absolute atomic E-state index is 14.4. The van der Waals surface area contributed by atoms with Gasteiger partial charge in [-0.1, -0.05) is 152 Å². The first-order valence-electron chi connectivity index (χ1n) is 15.7. The first kappa shape index (κ1) is 25.3. The van der Waals surface area contributed by atoms with Crippen LogP contribution in [0.4, 0.5) is 0 Å². The average molecular weight is 587 g/mol. The molecule has 1 spiro atoms. The predicted molar refractivity (Wildman–Crippen MR) is 185 cm³/mol. The highest BCUT2D eigenvalue weighted by Gasteiger charge is 2.53. The minimum Gasteiger partial charge on any atom is -0.455 e. The van der Waals surface area contributed by atoms with Crippen molar-refractivity contribution in [1.29, 1.82) is 0 Å². The molecule has 0 saturated heterocycles. The summed E-state index contributed by atoms with van der Waals surface area (Å²) >= 11 is 0. The van der Waals surface area contributed by atoms with E-state index in [-0.39, 0.29) is 5.78 Å². The van der Waals surface area contributed by atoms with E-state index in [9.17, 15) is 4.79 Å². The van der Waals surface area contributed by atoms with Gasteiger partial charge in [0, 0.05) is 27.5 Å². The third kappa shape index (κ3) is 3.18. The molecule has 0 saturated carbocycles. The van der Waals surface area contributed by atoms with Crippen LogP contribution in [0.15, 0.2) is 162 Å². The van der Waals surface area contributed by atoms with E-state index < -0.39 is 5.41 Å². The second-order valence-electron chi connectivity index (χ2n) is 12.3. The van der Waals surface area contributed by atoms with E-state index in [0.717, 1.165) is 60.9 Å². The van der Waals surface area contributed by atoms with Crippen LogP contribution >= 0.6 is 0 Å². The maximum atomic E-state index is 14.4. The van der Waals surface area contributed by atoms with Crippen LogP contribution in [0, 0.1) is 0 Å². The Morgan fingerprint density at radius 3 is 1.85 bits per heavy atom. The lowest BCUT2D eigenvalue weighted by Crippen LogP contribution is -2.26. The van der Waals surface area contributed by atoms with Gasteiger partial charge >= 0.3 is 0 Å². The van der Waals surface area contributed by atoms with Gasteiger partial charge in [0.1, 0.15) is 11.2 Å². The molecule has 0 bridgehead atoms. The van der Waals surface area contributed by atoms with Crippen LogP contribution in [0.1, 0.15) is 38.2 Å². The summed E-state index contributed by atoms with van der Waals surface area (Å²) in [5.74, 6) is 0.0301. The van der Waals surface area contributed by atoms with Crippen LogP contribution in [0.3, 0.4) is 0 Å². The summed E-state index contributed by atoms with van der Waals surface area (Å²) in [6.07, 6.45) is 0. The third-order valence-corrected chi connectivity index (χ3v) is 10.1. The summed E-state index contributed by atoms with van der Waals surface area (Å²) in [6.45, 7) is 0. The fraction of sp³-hybridized carbons (Fsp3) is 0.0227. The Kier molecular flexibility index (Phi) is 5.10. The molecule has 214 valence electrons. The van der Waals surface area contributed by atoms with Crippen LogP contribution in [-0.2, 0) is 5.41 Å². The molecule has 0 N–H and O–H groups in total. The Labute approximate surface area is 266 Å². The number of carbonyl (C=O) groups excluding carboxylic acids is 1. The zero-order valence-corrected chi connectivity index (χ0v) is 24.8. The van der Waals surface area contributed by atoms with Crippen molar-refractivity contribution in [2.75, 3.05) is 0 Å². The van der Waals surface area contributed by atoms with E-state index >= 15 is 0 Å². The second kappa shape index (κ2) is 9.26. The average Bonchev–Trinajstić information content (AvgIpc) is 3.76. The van der Waals surface area contributed by atoms with Crippen molar-refractivity contribution in [3.63, 3.8) is 0 Å². The summed E-state index contributed by atoms with van der Waals surface area (Å²) in [4.78, 5) is 14.4. The van der Waals surface area contributed by atoms with Gasteiger partial charge in [0.2, 0.25) is 0 Å². The van der Waals surface area contributed by atoms with Gasteiger partial charge in [-0.2, -0.15) is 0 Å². The highest BCUT2D eigenvalue weighted by molar-refractivity contribution is 6.16. The van der Waals surface area contributed by atoms with Gasteiger partial charge in [0.25, 0.3) is 0 Å².